The van der Waals surface area contributed by atoms with Crippen LogP contribution in [-0.2, 0) is 6.42 Å². The van der Waals surface area contributed by atoms with Crippen molar-refractivity contribution >= 4 is 17.1 Å². The lowest BCUT2D eigenvalue weighted by atomic mass is 10.1. The highest BCUT2D eigenvalue weighted by Crippen LogP contribution is 2.24. The molecule has 2 aromatic carbocycles. The van der Waals surface area contributed by atoms with Gasteiger partial charge in [0.1, 0.15) is 5.75 Å². The van der Waals surface area contributed by atoms with E-state index in [1.54, 1.807) is 19.2 Å². The standard InChI is InChI=1S/C15H17N3O3/c1-16-12-8-13(10-14(9-12)18(20)21)17-7-6-11-2-4-15(19)5-3-11/h2-5,8-10,16-17,19H,6-7H2,1H3. The first-order valence-electron chi connectivity index (χ1n) is 6.57. The van der Waals surface area contributed by atoms with Gasteiger partial charge in [-0.25, -0.2) is 0 Å². The monoisotopic (exact) mass is 287 g/mol. The van der Waals surface area contributed by atoms with E-state index in [-0.39, 0.29) is 11.4 Å². The van der Waals surface area contributed by atoms with Gasteiger partial charge in [0.05, 0.1) is 4.92 Å². The van der Waals surface area contributed by atoms with E-state index in [1.807, 2.05) is 18.2 Å². The predicted molar refractivity (Wildman–Crippen MR) is 82.9 cm³/mol. The summed E-state index contributed by atoms with van der Waals surface area (Å²) in [6.07, 6.45) is 0.762. The first kappa shape index (κ1) is 14.6. The first-order valence-corrected chi connectivity index (χ1v) is 6.57. The maximum atomic E-state index is 10.9. The molecule has 0 spiro atoms. The molecular formula is C15H17N3O3. The van der Waals surface area contributed by atoms with Gasteiger partial charge in [-0.1, -0.05) is 12.1 Å². The molecule has 0 aliphatic rings. The lowest BCUT2D eigenvalue weighted by Gasteiger charge is -2.09. The zero-order chi connectivity index (χ0) is 15.2. The zero-order valence-electron chi connectivity index (χ0n) is 11.7. The average Bonchev–Trinajstić information content (AvgIpc) is 2.49. The van der Waals surface area contributed by atoms with E-state index in [1.165, 1.54) is 12.1 Å². The van der Waals surface area contributed by atoms with Gasteiger partial charge in [0.15, 0.2) is 0 Å². The Hall–Kier alpha value is -2.76. The molecule has 0 saturated heterocycles. The minimum absolute atomic E-state index is 0.0500. The number of nitrogens with zero attached hydrogens (tertiary/aromatic N) is 1. The van der Waals surface area contributed by atoms with Gasteiger partial charge in [-0.15, -0.1) is 0 Å². The first-order chi connectivity index (χ1) is 10.1. The van der Waals surface area contributed by atoms with Gasteiger partial charge < -0.3 is 15.7 Å². The number of nitro groups is 1. The number of non-ortho nitro benzene ring substituents is 1. The van der Waals surface area contributed by atoms with Crippen LogP contribution in [0.3, 0.4) is 0 Å². The third-order valence-electron chi connectivity index (χ3n) is 3.10. The molecule has 2 rings (SSSR count). The minimum atomic E-state index is -0.411. The lowest BCUT2D eigenvalue weighted by molar-refractivity contribution is -0.384. The van der Waals surface area contributed by atoms with Crippen molar-refractivity contribution in [3.05, 3.63) is 58.1 Å². The minimum Gasteiger partial charge on any atom is -0.508 e. The van der Waals surface area contributed by atoms with E-state index < -0.39 is 4.92 Å². The molecule has 0 bridgehead atoms. The van der Waals surface area contributed by atoms with Crippen molar-refractivity contribution in [1.29, 1.82) is 0 Å². The average molecular weight is 287 g/mol. The molecule has 0 heterocycles. The summed E-state index contributed by atoms with van der Waals surface area (Å²) in [6.45, 7) is 0.648. The maximum absolute atomic E-state index is 10.9. The third kappa shape index (κ3) is 4.10. The van der Waals surface area contributed by atoms with E-state index in [4.69, 9.17) is 0 Å². The van der Waals surface area contributed by atoms with Crippen LogP contribution in [0.25, 0.3) is 0 Å². The van der Waals surface area contributed by atoms with Crippen LogP contribution in [0.5, 0.6) is 5.75 Å². The van der Waals surface area contributed by atoms with E-state index in [9.17, 15) is 15.2 Å². The second-order valence-corrected chi connectivity index (χ2v) is 4.62. The topological polar surface area (TPSA) is 87.4 Å². The fourth-order valence-corrected chi connectivity index (χ4v) is 1.98. The number of nitrogens with one attached hydrogen (secondary N) is 2. The van der Waals surface area contributed by atoms with Gasteiger partial charge in [0.25, 0.3) is 5.69 Å². The van der Waals surface area contributed by atoms with Crippen molar-refractivity contribution in [2.24, 2.45) is 0 Å². The van der Waals surface area contributed by atoms with Crippen molar-refractivity contribution in [3.8, 4) is 5.75 Å². The number of phenolic OH excluding ortho intramolecular Hbond substituents is 1. The van der Waals surface area contributed by atoms with Gasteiger partial charge in [-0.3, -0.25) is 10.1 Å². The van der Waals surface area contributed by atoms with Gasteiger partial charge >= 0.3 is 0 Å². The summed E-state index contributed by atoms with van der Waals surface area (Å²) in [5.41, 5.74) is 2.53. The Morgan fingerprint density at radius 3 is 2.43 bits per heavy atom. The predicted octanol–water partition coefficient (Wildman–Crippen LogP) is 3.00. The Morgan fingerprint density at radius 1 is 1.14 bits per heavy atom. The number of hydrogen-bond acceptors (Lipinski definition) is 5. The number of anilines is 2. The smallest absolute Gasteiger partial charge is 0.273 e. The summed E-state index contributed by atoms with van der Waals surface area (Å²) < 4.78 is 0. The number of phenols is 1. The molecule has 0 aliphatic carbocycles. The molecule has 0 amide bonds. The van der Waals surface area contributed by atoms with E-state index in [0.717, 1.165) is 12.0 Å². The fourth-order valence-electron chi connectivity index (χ4n) is 1.98. The normalized spacial score (nSPS) is 10.1. The molecule has 0 radical (unpaired) electrons. The number of rotatable bonds is 6. The van der Waals surface area contributed by atoms with Crippen LogP contribution in [0.1, 0.15) is 5.56 Å². The highest BCUT2D eigenvalue weighted by atomic mass is 16.6. The van der Waals surface area contributed by atoms with Crippen molar-refractivity contribution in [2.45, 2.75) is 6.42 Å². The highest BCUT2D eigenvalue weighted by Gasteiger charge is 2.08. The van der Waals surface area contributed by atoms with Crippen LogP contribution in [0.2, 0.25) is 0 Å². The summed E-state index contributed by atoms with van der Waals surface area (Å²) >= 11 is 0. The molecule has 0 aliphatic heterocycles. The molecule has 2 aromatic rings. The Labute approximate surface area is 122 Å². The van der Waals surface area contributed by atoms with Crippen molar-refractivity contribution < 1.29 is 10.0 Å². The van der Waals surface area contributed by atoms with Crippen molar-refractivity contribution in [1.82, 2.24) is 0 Å². The van der Waals surface area contributed by atoms with Gasteiger partial charge in [0.2, 0.25) is 0 Å². The SMILES string of the molecule is CNc1cc(NCCc2ccc(O)cc2)cc([N+](=O)[O-])c1. The second kappa shape index (κ2) is 6.60. The van der Waals surface area contributed by atoms with Crippen LogP contribution in [0, 0.1) is 10.1 Å². The molecule has 6 nitrogen and oxygen atoms in total. The number of aromatic hydroxyl groups is 1. The highest BCUT2D eigenvalue weighted by molar-refractivity contribution is 5.63. The molecule has 6 heteroatoms. The summed E-state index contributed by atoms with van der Waals surface area (Å²) in [7, 11) is 1.72. The second-order valence-electron chi connectivity index (χ2n) is 4.62. The third-order valence-corrected chi connectivity index (χ3v) is 3.10. The van der Waals surface area contributed by atoms with Crippen LogP contribution in [-0.4, -0.2) is 23.6 Å². The van der Waals surface area contributed by atoms with E-state index in [2.05, 4.69) is 10.6 Å². The largest absolute Gasteiger partial charge is 0.508 e. The molecule has 110 valence electrons. The number of nitro benzene ring substituents is 1. The molecule has 0 saturated carbocycles. The number of hydrogen-bond donors (Lipinski definition) is 3. The Kier molecular flexibility index (Phi) is 4.61. The summed E-state index contributed by atoms with van der Waals surface area (Å²) in [6, 6.07) is 11.8. The zero-order valence-corrected chi connectivity index (χ0v) is 11.7. The van der Waals surface area contributed by atoms with Gasteiger partial charge in [0, 0.05) is 37.1 Å². The van der Waals surface area contributed by atoms with Crippen LogP contribution < -0.4 is 10.6 Å². The van der Waals surface area contributed by atoms with Crippen LogP contribution in [0.4, 0.5) is 17.1 Å². The van der Waals surface area contributed by atoms with Crippen LogP contribution in [0.15, 0.2) is 42.5 Å². The van der Waals surface area contributed by atoms with E-state index >= 15 is 0 Å². The van der Waals surface area contributed by atoms with Gasteiger partial charge in [-0.05, 0) is 30.2 Å². The molecule has 0 atom stereocenters. The molecule has 0 aromatic heterocycles. The maximum Gasteiger partial charge on any atom is 0.273 e. The molecule has 0 unspecified atom stereocenters. The van der Waals surface area contributed by atoms with Gasteiger partial charge in [-0.2, -0.15) is 0 Å². The molecule has 3 N–H and O–H groups in total. The molecule has 0 fully saturated rings. The molecule has 21 heavy (non-hydrogen) atoms. The Balaban J connectivity index is 2.00. The van der Waals surface area contributed by atoms with E-state index in [0.29, 0.717) is 17.9 Å². The number of benzene rings is 2. The summed E-state index contributed by atoms with van der Waals surface area (Å²) in [5.74, 6) is 0.240. The van der Waals surface area contributed by atoms with Crippen molar-refractivity contribution in [2.75, 3.05) is 24.2 Å². The Morgan fingerprint density at radius 2 is 1.81 bits per heavy atom. The summed E-state index contributed by atoms with van der Waals surface area (Å²) in [5, 5.41) is 26.2. The van der Waals surface area contributed by atoms with Crippen LogP contribution >= 0.6 is 0 Å². The Bertz CT molecular complexity index is 627. The van der Waals surface area contributed by atoms with Crippen molar-refractivity contribution in [3.63, 3.8) is 0 Å². The molecular weight excluding hydrogens is 270 g/mol. The lowest BCUT2D eigenvalue weighted by Crippen LogP contribution is -2.05. The quantitative estimate of drug-likeness (QED) is 0.561. The fraction of sp³-hybridized carbons (Fsp3) is 0.200. The summed E-state index contributed by atoms with van der Waals surface area (Å²) in [4.78, 5) is 10.5.